The molecule has 1 fully saturated rings. The van der Waals surface area contributed by atoms with Crippen LogP contribution in [0.3, 0.4) is 0 Å². The van der Waals surface area contributed by atoms with E-state index in [4.69, 9.17) is 0 Å². The lowest BCUT2D eigenvalue weighted by Gasteiger charge is -2.41. The van der Waals surface area contributed by atoms with E-state index in [-0.39, 0.29) is 11.1 Å². The molecule has 0 spiro atoms. The highest BCUT2D eigenvalue weighted by atomic mass is 19.3. The van der Waals surface area contributed by atoms with Gasteiger partial charge in [-0.15, -0.1) is 0 Å². The summed E-state index contributed by atoms with van der Waals surface area (Å²) in [6.45, 7) is 8.94. The maximum Gasteiger partial charge on any atom is 0.270 e. The standard InChI is InChI=1S/C15H22F2N2/c1-14(2,19-9-7-18-8-10-19)12-5-4-6-13(11-12)15(3,16)17/h4-6,11,18H,7-10H2,1-3H3. The number of rotatable bonds is 3. The van der Waals surface area contributed by atoms with Gasteiger partial charge in [-0.3, -0.25) is 4.90 Å². The Morgan fingerprint density at radius 1 is 1.05 bits per heavy atom. The van der Waals surface area contributed by atoms with Crippen molar-refractivity contribution in [1.29, 1.82) is 0 Å². The van der Waals surface area contributed by atoms with Crippen LogP contribution in [0.25, 0.3) is 0 Å². The van der Waals surface area contributed by atoms with Crippen LogP contribution in [0.15, 0.2) is 24.3 Å². The van der Waals surface area contributed by atoms with Gasteiger partial charge >= 0.3 is 0 Å². The third-order valence-electron chi connectivity index (χ3n) is 3.98. The molecule has 2 rings (SSSR count). The summed E-state index contributed by atoms with van der Waals surface area (Å²) in [6, 6.07) is 6.81. The predicted molar refractivity (Wildman–Crippen MR) is 73.5 cm³/mol. The first-order chi connectivity index (χ1) is 8.82. The summed E-state index contributed by atoms with van der Waals surface area (Å²) in [5, 5.41) is 3.31. The molecule has 2 nitrogen and oxygen atoms in total. The van der Waals surface area contributed by atoms with E-state index in [0.29, 0.717) is 0 Å². The fourth-order valence-corrected chi connectivity index (χ4v) is 2.58. The minimum Gasteiger partial charge on any atom is -0.314 e. The van der Waals surface area contributed by atoms with Crippen LogP contribution in [-0.4, -0.2) is 31.1 Å². The molecule has 1 saturated heterocycles. The number of hydrogen-bond donors (Lipinski definition) is 1. The van der Waals surface area contributed by atoms with Gasteiger partial charge in [-0.1, -0.05) is 18.2 Å². The molecular formula is C15H22F2N2. The Balaban J connectivity index is 2.29. The molecule has 0 unspecified atom stereocenters. The van der Waals surface area contributed by atoms with Crippen molar-refractivity contribution < 1.29 is 8.78 Å². The molecule has 1 aliphatic heterocycles. The Morgan fingerprint density at radius 3 is 2.21 bits per heavy atom. The second-order valence-electron chi connectivity index (χ2n) is 5.77. The lowest BCUT2D eigenvalue weighted by Crippen LogP contribution is -2.51. The van der Waals surface area contributed by atoms with Crippen molar-refractivity contribution >= 4 is 0 Å². The summed E-state index contributed by atoms with van der Waals surface area (Å²) < 4.78 is 26.9. The molecule has 1 heterocycles. The molecule has 1 aromatic rings. The van der Waals surface area contributed by atoms with Gasteiger partial charge in [0.2, 0.25) is 0 Å². The first-order valence-corrected chi connectivity index (χ1v) is 6.76. The molecule has 0 amide bonds. The van der Waals surface area contributed by atoms with Gasteiger partial charge in [0.1, 0.15) is 0 Å². The maximum absolute atomic E-state index is 13.4. The Kier molecular flexibility index (Phi) is 3.92. The fourth-order valence-electron chi connectivity index (χ4n) is 2.58. The molecule has 0 bridgehead atoms. The van der Waals surface area contributed by atoms with E-state index in [1.165, 1.54) is 6.07 Å². The molecule has 0 aliphatic carbocycles. The number of nitrogens with zero attached hydrogens (tertiary/aromatic N) is 1. The summed E-state index contributed by atoms with van der Waals surface area (Å²) in [5.74, 6) is -2.78. The van der Waals surface area contributed by atoms with E-state index in [9.17, 15) is 8.78 Å². The van der Waals surface area contributed by atoms with Gasteiger partial charge in [-0.2, -0.15) is 0 Å². The van der Waals surface area contributed by atoms with Crippen molar-refractivity contribution in [3.8, 4) is 0 Å². The molecular weight excluding hydrogens is 246 g/mol. The molecule has 1 aliphatic rings. The number of benzene rings is 1. The van der Waals surface area contributed by atoms with Crippen LogP contribution < -0.4 is 5.32 Å². The van der Waals surface area contributed by atoms with Crippen LogP contribution in [0.1, 0.15) is 31.9 Å². The molecule has 19 heavy (non-hydrogen) atoms. The summed E-state index contributed by atoms with van der Waals surface area (Å²) in [7, 11) is 0. The average molecular weight is 268 g/mol. The summed E-state index contributed by atoms with van der Waals surface area (Å²) in [6.07, 6.45) is 0. The van der Waals surface area contributed by atoms with Crippen molar-refractivity contribution in [2.75, 3.05) is 26.2 Å². The zero-order valence-electron chi connectivity index (χ0n) is 11.8. The molecule has 106 valence electrons. The quantitative estimate of drug-likeness (QED) is 0.906. The maximum atomic E-state index is 13.4. The van der Waals surface area contributed by atoms with E-state index in [0.717, 1.165) is 38.7 Å². The van der Waals surface area contributed by atoms with Crippen LogP contribution in [0.5, 0.6) is 0 Å². The van der Waals surface area contributed by atoms with E-state index in [1.807, 2.05) is 6.07 Å². The molecule has 1 N–H and O–H groups in total. The lowest BCUT2D eigenvalue weighted by molar-refractivity contribution is 0.0170. The molecule has 0 radical (unpaired) electrons. The first-order valence-electron chi connectivity index (χ1n) is 6.76. The van der Waals surface area contributed by atoms with Gasteiger partial charge in [0, 0.05) is 44.2 Å². The topological polar surface area (TPSA) is 15.3 Å². The zero-order valence-corrected chi connectivity index (χ0v) is 11.8. The highest BCUT2D eigenvalue weighted by Gasteiger charge is 2.32. The summed E-state index contributed by atoms with van der Waals surface area (Å²) >= 11 is 0. The normalized spacial score (nSPS) is 18.6. The Bertz CT molecular complexity index is 432. The van der Waals surface area contributed by atoms with Gasteiger partial charge in [0.25, 0.3) is 5.92 Å². The molecule has 0 saturated carbocycles. The second kappa shape index (κ2) is 5.17. The van der Waals surface area contributed by atoms with Crippen LogP contribution in [0.2, 0.25) is 0 Å². The monoisotopic (exact) mass is 268 g/mol. The number of nitrogens with one attached hydrogen (secondary N) is 1. The van der Waals surface area contributed by atoms with Crippen molar-refractivity contribution in [3.63, 3.8) is 0 Å². The SMILES string of the molecule is CC(F)(F)c1cccc(C(C)(C)N2CCNCC2)c1. The van der Waals surface area contributed by atoms with Gasteiger partial charge in [-0.25, -0.2) is 8.78 Å². The Morgan fingerprint density at radius 2 is 1.63 bits per heavy atom. The van der Waals surface area contributed by atoms with Gasteiger partial charge < -0.3 is 5.32 Å². The van der Waals surface area contributed by atoms with Gasteiger partial charge in [-0.05, 0) is 25.5 Å². The van der Waals surface area contributed by atoms with Gasteiger partial charge in [0.05, 0.1) is 0 Å². The Labute approximate surface area is 113 Å². The fraction of sp³-hybridized carbons (Fsp3) is 0.600. The van der Waals surface area contributed by atoms with E-state index < -0.39 is 5.92 Å². The van der Waals surface area contributed by atoms with E-state index in [1.54, 1.807) is 12.1 Å². The predicted octanol–water partition coefficient (Wildman–Crippen LogP) is 2.94. The largest absolute Gasteiger partial charge is 0.314 e. The smallest absolute Gasteiger partial charge is 0.270 e. The molecule has 1 aromatic carbocycles. The summed E-state index contributed by atoms with van der Waals surface area (Å²) in [4.78, 5) is 2.34. The third-order valence-corrected chi connectivity index (χ3v) is 3.98. The molecule has 0 aromatic heterocycles. The van der Waals surface area contributed by atoms with Crippen LogP contribution in [0, 0.1) is 0 Å². The van der Waals surface area contributed by atoms with Crippen molar-refractivity contribution in [2.45, 2.75) is 32.2 Å². The second-order valence-corrected chi connectivity index (χ2v) is 5.77. The van der Waals surface area contributed by atoms with Crippen LogP contribution >= 0.6 is 0 Å². The first kappa shape index (κ1) is 14.4. The summed E-state index contributed by atoms with van der Waals surface area (Å²) in [5.41, 5.74) is 0.824. The number of halogens is 2. The number of piperazine rings is 1. The third kappa shape index (κ3) is 3.12. The van der Waals surface area contributed by atoms with Gasteiger partial charge in [0.15, 0.2) is 0 Å². The Hall–Kier alpha value is -1.00. The van der Waals surface area contributed by atoms with Crippen LogP contribution in [-0.2, 0) is 11.5 Å². The van der Waals surface area contributed by atoms with Crippen molar-refractivity contribution in [1.82, 2.24) is 10.2 Å². The van der Waals surface area contributed by atoms with Crippen LogP contribution in [0.4, 0.5) is 8.78 Å². The van der Waals surface area contributed by atoms with E-state index >= 15 is 0 Å². The van der Waals surface area contributed by atoms with E-state index in [2.05, 4.69) is 24.1 Å². The highest BCUT2D eigenvalue weighted by molar-refractivity contribution is 5.31. The van der Waals surface area contributed by atoms with Crippen molar-refractivity contribution in [2.24, 2.45) is 0 Å². The number of hydrogen-bond acceptors (Lipinski definition) is 2. The lowest BCUT2D eigenvalue weighted by atomic mass is 9.89. The highest BCUT2D eigenvalue weighted by Crippen LogP contribution is 2.33. The molecule has 0 atom stereocenters. The minimum atomic E-state index is -2.78. The average Bonchev–Trinajstić information content (AvgIpc) is 2.39. The number of alkyl halides is 2. The zero-order chi connectivity index (χ0) is 14.1. The van der Waals surface area contributed by atoms with Crippen molar-refractivity contribution in [3.05, 3.63) is 35.4 Å². The minimum absolute atomic E-state index is 0.0909. The molecule has 4 heteroatoms.